The van der Waals surface area contributed by atoms with E-state index in [1.54, 1.807) is 0 Å². The van der Waals surface area contributed by atoms with E-state index in [0.29, 0.717) is 12.1 Å². The number of hydrogen-bond donors (Lipinski definition) is 1. The van der Waals surface area contributed by atoms with Gasteiger partial charge in [0.1, 0.15) is 10.7 Å². The standard InChI is InChI=1S/C10H10F2O5S/c1-17-10(14)9(13)7-5(11)3-4-6(8(7)12)18(2,15)16/h3-4,9,13H,1-2H3. The molecule has 0 saturated carbocycles. The van der Waals surface area contributed by atoms with Crippen molar-refractivity contribution in [3.63, 3.8) is 0 Å². The molecule has 0 aliphatic carbocycles. The predicted molar refractivity (Wildman–Crippen MR) is 56.4 cm³/mol. The van der Waals surface area contributed by atoms with E-state index in [-0.39, 0.29) is 0 Å². The number of halogens is 2. The second kappa shape index (κ2) is 4.99. The lowest BCUT2D eigenvalue weighted by Gasteiger charge is -2.12. The van der Waals surface area contributed by atoms with Crippen molar-refractivity contribution in [2.45, 2.75) is 11.0 Å². The number of esters is 1. The first-order chi connectivity index (χ1) is 8.20. The molecule has 0 spiro atoms. The second-order valence-corrected chi connectivity index (χ2v) is 5.46. The molecule has 1 aromatic carbocycles. The molecule has 0 bridgehead atoms. The van der Waals surface area contributed by atoms with E-state index in [9.17, 15) is 27.1 Å². The molecule has 5 nitrogen and oxygen atoms in total. The van der Waals surface area contributed by atoms with Crippen LogP contribution in [0.2, 0.25) is 0 Å². The van der Waals surface area contributed by atoms with Gasteiger partial charge in [-0.15, -0.1) is 0 Å². The van der Waals surface area contributed by atoms with E-state index < -0.39 is 44.0 Å². The fourth-order valence-electron chi connectivity index (χ4n) is 1.32. The number of carbonyl (C=O) groups is 1. The molecule has 0 radical (unpaired) electrons. The van der Waals surface area contributed by atoms with Gasteiger partial charge in [-0.05, 0) is 12.1 Å². The van der Waals surface area contributed by atoms with E-state index in [2.05, 4.69) is 4.74 Å². The molecule has 0 saturated heterocycles. The lowest BCUT2D eigenvalue weighted by atomic mass is 10.1. The molecule has 0 aliphatic heterocycles. The van der Waals surface area contributed by atoms with Crippen LogP contribution in [0.3, 0.4) is 0 Å². The van der Waals surface area contributed by atoms with E-state index in [0.717, 1.165) is 13.4 Å². The Morgan fingerprint density at radius 3 is 2.39 bits per heavy atom. The van der Waals surface area contributed by atoms with Crippen molar-refractivity contribution in [2.75, 3.05) is 13.4 Å². The van der Waals surface area contributed by atoms with Crippen molar-refractivity contribution in [1.29, 1.82) is 0 Å². The van der Waals surface area contributed by atoms with Crippen LogP contribution in [-0.4, -0.2) is 32.9 Å². The molecule has 0 aromatic heterocycles. The van der Waals surface area contributed by atoms with E-state index in [1.165, 1.54) is 0 Å². The van der Waals surface area contributed by atoms with Crippen molar-refractivity contribution < 1.29 is 31.8 Å². The minimum atomic E-state index is -3.94. The van der Waals surface area contributed by atoms with Gasteiger partial charge in [0.2, 0.25) is 0 Å². The molecule has 8 heteroatoms. The summed E-state index contributed by atoms with van der Waals surface area (Å²) in [6.07, 6.45) is -1.51. The average Bonchev–Trinajstić information content (AvgIpc) is 2.25. The molecule has 1 N–H and O–H groups in total. The Morgan fingerprint density at radius 2 is 1.94 bits per heavy atom. The topological polar surface area (TPSA) is 80.7 Å². The lowest BCUT2D eigenvalue weighted by molar-refractivity contribution is -0.151. The molecule has 1 aromatic rings. The van der Waals surface area contributed by atoms with Crippen LogP contribution in [0.5, 0.6) is 0 Å². The summed E-state index contributed by atoms with van der Waals surface area (Å²) in [5.41, 5.74) is -1.05. The molecule has 100 valence electrons. The van der Waals surface area contributed by atoms with Crippen LogP contribution in [0.4, 0.5) is 8.78 Å². The van der Waals surface area contributed by atoms with Crippen LogP contribution in [0, 0.1) is 11.6 Å². The van der Waals surface area contributed by atoms with Crippen LogP contribution >= 0.6 is 0 Å². The zero-order chi connectivity index (χ0) is 14.1. The van der Waals surface area contributed by atoms with E-state index in [1.807, 2.05) is 0 Å². The Balaban J connectivity index is 3.50. The fourth-order valence-corrected chi connectivity index (χ4v) is 2.07. The van der Waals surface area contributed by atoms with Crippen LogP contribution in [-0.2, 0) is 19.4 Å². The number of sulfone groups is 1. The molecule has 18 heavy (non-hydrogen) atoms. The first kappa shape index (κ1) is 14.5. The Hall–Kier alpha value is -1.54. The van der Waals surface area contributed by atoms with Crippen molar-refractivity contribution in [3.8, 4) is 0 Å². The molecule has 0 fully saturated rings. The lowest BCUT2D eigenvalue weighted by Crippen LogP contribution is -2.18. The first-order valence-corrected chi connectivity index (χ1v) is 6.53. The number of rotatable bonds is 3. The minimum absolute atomic E-state index is 0.654. The van der Waals surface area contributed by atoms with Crippen LogP contribution in [0.25, 0.3) is 0 Å². The number of methoxy groups -OCH3 is 1. The molecule has 0 aliphatic rings. The highest BCUT2D eigenvalue weighted by atomic mass is 32.2. The smallest absolute Gasteiger partial charge is 0.339 e. The number of hydrogen-bond acceptors (Lipinski definition) is 5. The molecular weight excluding hydrogens is 270 g/mol. The minimum Gasteiger partial charge on any atom is -0.467 e. The van der Waals surface area contributed by atoms with E-state index in [4.69, 9.17) is 0 Å². The quantitative estimate of drug-likeness (QED) is 0.647. The number of benzene rings is 1. The van der Waals surface area contributed by atoms with E-state index >= 15 is 0 Å². The summed E-state index contributed by atoms with van der Waals surface area (Å²) in [4.78, 5) is 10.2. The summed E-state index contributed by atoms with van der Waals surface area (Å²) in [5.74, 6) is -4.04. The van der Waals surface area contributed by atoms with Crippen molar-refractivity contribution >= 4 is 15.8 Å². The highest BCUT2D eigenvalue weighted by Crippen LogP contribution is 2.26. The molecule has 0 amide bonds. The van der Waals surface area contributed by atoms with Gasteiger partial charge in [0, 0.05) is 6.26 Å². The van der Waals surface area contributed by atoms with Gasteiger partial charge < -0.3 is 9.84 Å². The highest BCUT2D eigenvalue weighted by Gasteiger charge is 2.29. The van der Waals surface area contributed by atoms with Gasteiger partial charge in [-0.3, -0.25) is 0 Å². The largest absolute Gasteiger partial charge is 0.467 e. The molecule has 0 heterocycles. The Kier molecular flexibility index (Phi) is 4.02. The van der Waals surface area contributed by atoms with Gasteiger partial charge in [0.15, 0.2) is 21.8 Å². The Labute approximate surface area is 102 Å². The molecular formula is C10H10F2O5S. The first-order valence-electron chi connectivity index (χ1n) is 4.64. The van der Waals surface area contributed by atoms with Crippen molar-refractivity contribution in [2.24, 2.45) is 0 Å². The predicted octanol–water partition coefficient (Wildman–Crippen LogP) is 0.575. The normalized spacial score (nSPS) is 13.2. The average molecular weight is 280 g/mol. The summed E-state index contributed by atoms with van der Waals surface area (Å²) in [5, 5.41) is 9.39. The molecule has 1 atom stereocenters. The van der Waals surface area contributed by atoms with Crippen LogP contribution in [0.15, 0.2) is 17.0 Å². The van der Waals surface area contributed by atoms with Crippen molar-refractivity contribution in [1.82, 2.24) is 0 Å². The summed E-state index contributed by atoms with van der Waals surface area (Å²) in [6, 6.07) is 1.37. The fraction of sp³-hybridized carbons (Fsp3) is 0.300. The zero-order valence-electron chi connectivity index (χ0n) is 9.48. The number of carbonyl (C=O) groups excluding carboxylic acids is 1. The third-order valence-corrected chi connectivity index (χ3v) is 3.30. The second-order valence-electron chi connectivity index (χ2n) is 3.47. The van der Waals surface area contributed by atoms with Gasteiger partial charge in [0.05, 0.1) is 12.7 Å². The maximum atomic E-state index is 13.8. The van der Waals surface area contributed by atoms with Crippen LogP contribution < -0.4 is 0 Å². The summed E-state index contributed by atoms with van der Waals surface area (Å²) in [7, 11) is -3.03. The highest BCUT2D eigenvalue weighted by molar-refractivity contribution is 7.90. The summed E-state index contributed by atoms with van der Waals surface area (Å²) >= 11 is 0. The third-order valence-electron chi connectivity index (χ3n) is 2.19. The van der Waals surface area contributed by atoms with Gasteiger partial charge in [0.25, 0.3) is 0 Å². The SMILES string of the molecule is COC(=O)C(O)c1c(F)ccc(S(C)(=O)=O)c1F. The summed E-state index contributed by atoms with van der Waals surface area (Å²) in [6.45, 7) is 0. The summed E-state index contributed by atoms with van der Waals surface area (Å²) < 4.78 is 53.7. The van der Waals surface area contributed by atoms with Gasteiger partial charge in [-0.2, -0.15) is 0 Å². The number of aliphatic hydroxyl groups excluding tert-OH is 1. The monoisotopic (exact) mass is 280 g/mol. The van der Waals surface area contributed by atoms with Crippen molar-refractivity contribution in [3.05, 3.63) is 29.3 Å². The van der Waals surface area contributed by atoms with Gasteiger partial charge >= 0.3 is 5.97 Å². The Morgan fingerprint density at radius 1 is 1.39 bits per heavy atom. The van der Waals surface area contributed by atoms with Gasteiger partial charge in [-0.25, -0.2) is 22.0 Å². The maximum Gasteiger partial charge on any atom is 0.339 e. The third kappa shape index (κ3) is 2.65. The number of ether oxygens (including phenoxy) is 1. The zero-order valence-corrected chi connectivity index (χ0v) is 10.3. The Bertz CT molecular complexity index is 582. The van der Waals surface area contributed by atoms with Crippen LogP contribution in [0.1, 0.15) is 11.7 Å². The maximum absolute atomic E-state index is 13.8. The number of aliphatic hydroxyl groups is 1. The molecule has 1 rings (SSSR count). The van der Waals surface area contributed by atoms with Gasteiger partial charge in [-0.1, -0.05) is 0 Å². The molecule has 1 unspecified atom stereocenters.